The lowest BCUT2D eigenvalue weighted by Gasteiger charge is -2.24. The molecule has 8 heteroatoms. The van der Waals surface area contributed by atoms with Crippen LogP contribution in [0.1, 0.15) is 31.5 Å². The second-order valence-corrected chi connectivity index (χ2v) is 7.07. The molecule has 28 heavy (non-hydrogen) atoms. The van der Waals surface area contributed by atoms with E-state index >= 15 is 0 Å². The van der Waals surface area contributed by atoms with E-state index in [1.807, 2.05) is 44.2 Å². The van der Waals surface area contributed by atoms with Gasteiger partial charge in [0.15, 0.2) is 5.69 Å². The molecule has 2 aromatic carbocycles. The van der Waals surface area contributed by atoms with Gasteiger partial charge in [-0.1, -0.05) is 62.4 Å². The molecule has 1 aromatic heterocycles. The number of halogens is 3. The van der Waals surface area contributed by atoms with Crippen LogP contribution < -0.4 is 11.0 Å². The van der Waals surface area contributed by atoms with Gasteiger partial charge in [0.2, 0.25) is 5.91 Å². The second kappa shape index (κ2) is 7.10. The van der Waals surface area contributed by atoms with Gasteiger partial charge in [0.05, 0.1) is 5.39 Å². The number of hydrogen-bond acceptors (Lipinski definition) is 3. The van der Waals surface area contributed by atoms with E-state index < -0.39 is 28.8 Å². The van der Waals surface area contributed by atoms with Gasteiger partial charge in [0.25, 0.3) is 5.56 Å². The highest BCUT2D eigenvalue weighted by Gasteiger charge is 2.36. The van der Waals surface area contributed by atoms with Crippen LogP contribution in [0.5, 0.6) is 0 Å². The van der Waals surface area contributed by atoms with Crippen molar-refractivity contribution in [2.45, 2.75) is 31.9 Å². The summed E-state index contributed by atoms with van der Waals surface area (Å²) in [6.07, 6.45) is -4.82. The van der Waals surface area contributed by atoms with Crippen LogP contribution in [0, 0.1) is 0 Å². The Balaban J connectivity index is 1.95. The smallest absolute Gasteiger partial charge is 0.273 e. The van der Waals surface area contributed by atoms with Crippen molar-refractivity contribution in [1.29, 1.82) is 0 Å². The van der Waals surface area contributed by atoms with Crippen molar-refractivity contribution in [3.63, 3.8) is 0 Å². The van der Waals surface area contributed by atoms with Crippen LogP contribution in [0.2, 0.25) is 0 Å². The summed E-state index contributed by atoms with van der Waals surface area (Å²) in [4.78, 5) is 25.3. The lowest BCUT2D eigenvalue weighted by atomic mass is 9.81. The normalized spacial score (nSPS) is 12.2. The summed E-state index contributed by atoms with van der Waals surface area (Å²) < 4.78 is 40.1. The van der Waals surface area contributed by atoms with Crippen LogP contribution in [0.4, 0.5) is 13.2 Å². The lowest BCUT2D eigenvalue weighted by molar-refractivity contribution is -0.141. The Morgan fingerprint density at radius 2 is 1.57 bits per heavy atom. The quantitative estimate of drug-likeness (QED) is 0.737. The lowest BCUT2D eigenvalue weighted by Crippen LogP contribution is -2.39. The molecule has 1 N–H and O–H groups in total. The first-order chi connectivity index (χ1) is 13.1. The number of fused-ring (bicyclic) bond motifs is 1. The number of amides is 1. The molecule has 3 rings (SSSR count). The fourth-order valence-corrected chi connectivity index (χ4v) is 3.03. The standard InChI is InChI=1S/C20H18F3N3O2/c1-19(2,13-8-4-3-5-9-13)12-16(27)24-26-18(28)15-11-7-6-10-14(15)17(25-26)20(21,22)23/h3-11H,12H2,1-2H3,(H,24,27). The average Bonchev–Trinajstić information content (AvgIpc) is 2.63. The number of carbonyl (C=O) groups excluding carboxylic acids is 1. The third-order valence-electron chi connectivity index (χ3n) is 4.46. The van der Waals surface area contributed by atoms with Gasteiger partial charge < -0.3 is 0 Å². The molecule has 0 aliphatic carbocycles. The fourth-order valence-electron chi connectivity index (χ4n) is 3.03. The van der Waals surface area contributed by atoms with Crippen molar-refractivity contribution in [2.75, 3.05) is 5.43 Å². The van der Waals surface area contributed by atoms with Crippen LogP contribution in [0.25, 0.3) is 10.8 Å². The van der Waals surface area contributed by atoms with Crippen LogP contribution >= 0.6 is 0 Å². The average molecular weight is 389 g/mol. The van der Waals surface area contributed by atoms with Crippen molar-refractivity contribution < 1.29 is 18.0 Å². The molecule has 0 atom stereocenters. The van der Waals surface area contributed by atoms with Crippen molar-refractivity contribution in [2.24, 2.45) is 0 Å². The monoisotopic (exact) mass is 389 g/mol. The summed E-state index contributed by atoms with van der Waals surface area (Å²) in [5, 5.41) is 2.88. The molecule has 0 aliphatic heterocycles. The summed E-state index contributed by atoms with van der Waals surface area (Å²) in [6.45, 7) is 3.67. The summed E-state index contributed by atoms with van der Waals surface area (Å²) >= 11 is 0. The zero-order valence-corrected chi connectivity index (χ0v) is 15.2. The topological polar surface area (TPSA) is 64.0 Å². The molecular weight excluding hydrogens is 371 g/mol. The Morgan fingerprint density at radius 3 is 2.18 bits per heavy atom. The van der Waals surface area contributed by atoms with Gasteiger partial charge in [-0.25, -0.2) is 5.43 Å². The number of hydrogen-bond donors (Lipinski definition) is 1. The minimum absolute atomic E-state index is 0.0423. The van der Waals surface area contributed by atoms with Gasteiger partial charge in [-0.3, -0.25) is 9.59 Å². The summed E-state index contributed by atoms with van der Waals surface area (Å²) in [6, 6.07) is 14.5. The number of nitrogens with zero attached hydrogens (tertiary/aromatic N) is 2. The van der Waals surface area contributed by atoms with Crippen molar-refractivity contribution >= 4 is 16.7 Å². The van der Waals surface area contributed by atoms with Crippen molar-refractivity contribution in [1.82, 2.24) is 9.89 Å². The Hall–Kier alpha value is -3.16. The van der Waals surface area contributed by atoms with E-state index in [1.165, 1.54) is 24.3 Å². The first kappa shape index (κ1) is 19.6. The maximum absolute atomic E-state index is 13.4. The van der Waals surface area contributed by atoms with Gasteiger partial charge in [-0.05, 0) is 17.0 Å². The third-order valence-corrected chi connectivity index (χ3v) is 4.46. The summed E-state index contributed by atoms with van der Waals surface area (Å²) in [5.74, 6) is -0.619. The van der Waals surface area contributed by atoms with Crippen LogP contribution in [0.15, 0.2) is 59.4 Å². The van der Waals surface area contributed by atoms with Crippen molar-refractivity contribution in [3.05, 3.63) is 76.2 Å². The molecule has 1 amide bonds. The third kappa shape index (κ3) is 3.90. The number of nitrogens with one attached hydrogen (secondary N) is 1. The predicted molar refractivity (Wildman–Crippen MR) is 99.5 cm³/mol. The molecule has 0 saturated heterocycles. The van der Waals surface area contributed by atoms with Crippen LogP contribution in [-0.4, -0.2) is 15.8 Å². The highest BCUT2D eigenvalue weighted by molar-refractivity contribution is 5.87. The van der Waals surface area contributed by atoms with E-state index in [4.69, 9.17) is 0 Å². The maximum Gasteiger partial charge on any atom is 0.435 e. The largest absolute Gasteiger partial charge is 0.435 e. The van der Waals surface area contributed by atoms with Crippen LogP contribution in [0.3, 0.4) is 0 Å². The minimum atomic E-state index is -4.77. The zero-order chi connectivity index (χ0) is 20.5. The first-order valence-electron chi connectivity index (χ1n) is 8.54. The second-order valence-electron chi connectivity index (χ2n) is 7.07. The van der Waals surface area contributed by atoms with E-state index in [-0.39, 0.29) is 17.2 Å². The van der Waals surface area contributed by atoms with Gasteiger partial charge in [-0.2, -0.15) is 13.2 Å². The fraction of sp³-hybridized carbons (Fsp3) is 0.250. The summed E-state index contributed by atoms with van der Waals surface area (Å²) in [7, 11) is 0. The SMILES string of the molecule is CC(C)(CC(=O)Nn1nc(C(F)(F)F)c2ccccc2c1=O)c1ccccc1. The Kier molecular flexibility index (Phi) is 4.97. The predicted octanol–water partition coefficient (Wildman–Crippen LogP) is 3.85. The van der Waals surface area contributed by atoms with Crippen molar-refractivity contribution in [3.8, 4) is 0 Å². The number of carbonyl (C=O) groups is 1. The zero-order valence-electron chi connectivity index (χ0n) is 15.2. The molecule has 146 valence electrons. The molecule has 0 spiro atoms. The molecule has 1 heterocycles. The van der Waals surface area contributed by atoms with Gasteiger partial charge in [0, 0.05) is 11.8 Å². The van der Waals surface area contributed by atoms with Gasteiger partial charge in [0.1, 0.15) is 0 Å². The Labute approximate surface area is 158 Å². The number of alkyl halides is 3. The molecule has 0 saturated carbocycles. The Bertz CT molecular complexity index is 1070. The van der Waals surface area contributed by atoms with E-state index in [9.17, 15) is 22.8 Å². The van der Waals surface area contributed by atoms with Crippen LogP contribution in [-0.2, 0) is 16.4 Å². The molecule has 0 radical (unpaired) electrons. The maximum atomic E-state index is 13.4. The molecule has 0 aliphatic rings. The molecule has 0 fully saturated rings. The molecule has 0 bridgehead atoms. The summed E-state index contributed by atoms with van der Waals surface area (Å²) in [5.41, 5.74) is 0.443. The number of rotatable bonds is 4. The molecule has 3 aromatic rings. The highest BCUT2D eigenvalue weighted by Crippen LogP contribution is 2.31. The Morgan fingerprint density at radius 1 is 1.00 bits per heavy atom. The minimum Gasteiger partial charge on any atom is -0.273 e. The van der Waals surface area contributed by atoms with E-state index in [1.54, 1.807) is 0 Å². The van der Waals surface area contributed by atoms with E-state index in [0.29, 0.717) is 4.79 Å². The first-order valence-corrected chi connectivity index (χ1v) is 8.54. The highest BCUT2D eigenvalue weighted by atomic mass is 19.4. The molecular formula is C20H18F3N3O2. The van der Waals surface area contributed by atoms with E-state index in [0.717, 1.165) is 5.56 Å². The van der Waals surface area contributed by atoms with Gasteiger partial charge in [-0.15, -0.1) is 9.89 Å². The van der Waals surface area contributed by atoms with Gasteiger partial charge >= 0.3 is 6.18 Å². The molecule has 0 unspecified atom stereocenters. The molecule has 5 nitrogen and oxygen atoms in total. The number of aromatic nitrogens is 2. The van der Waals surface area contributed by atoms with E-state index in [2.05, 4.69) is 10.5 Å². The number of benzene rings is 2.